The molecule has 0 aliphatic carbocycles. The van der Waals surface area contributed by atoms with Crippen molar-refractivity contribution in [1.82, 2.24) is 5.32 Å². The lowest BCUT2D eigenvalue weighted by atomic mass is 9.95. The molecule has 0 fully saturated rings. The molecule has 3 aromatic carbocycles. The molecule has 0 aliphatic rings. The molecule has 0 aromatic heterocycles. The summed E-state index contributed by atoms with van der Waals surface area (Å²) in [5.74, 6) is -0.560. The molecule has 7 nitrogen and oxygen atoms in total. The van der Waals surface area contributed by atoms with Gasteiger partial charge in [-0.3, -0.25) is 14.4 Å². The second kappa shape index (κ2) is 12.9. The van der Waals surface area contributed by atoms with Gasteiger partial charge in [0, 0.05) is 12.1 Å². The van der Waals surface area contributed by atoms with Crippen molar-refractivity contribution in [2.24, 2.45) is 11.7 Å². The van der Waals surface area contributed by atoms with E-state index in [9.17, 15) is 14.4 Å². The highest BCUT2D eigenvalue weighted by Crippen LogP contribution is 2.33. The number of nitrogens with one attached hydrogen (secondary N) is 1. The lowest BCUT2D eigenvalue weighted by Crippen LogP contribution is -2.26. The van der Waals surface area contributed by atoms with Gasteiger partial charge >= 0.3 is 5.97 Å². The number of ether oxygens (including phenoxy) is 1. The first-order valence-electron chi connectivity index (χ1n) is 12.9. The van der Waals surface area contributed by atoms with Crippen molar-refractivity contribution in [3.8, 4) is 16.9 Å². The third-order valence-electron chi connectivity index (χ3n) is 6.28. The molecular weight excluding hydrogens is 480 g/mol. The van der Waals surface area contributed by atoms with Crippen LogP contribution in [-0.4, -0.2) is 29.4 Å². The van der Waals surface area contributed by atoms with Crippen LogP contribution >= 0.6 is 0 Å². The minimum Gasteiger partial charge on any atom is -0.486 e. The number of amides is 2. The van der Waals surface area contributed by atoms with Crippen molar-refractivity contribution in [2.45, 2.75) is 52.6 Å². The van der Waals surface area contributed by atoms with Gasteiger partial charge in [0.1, 0.15) is 11.9 Å². The van der Waals surface area contributed by atoms with E-state index in [1.165, 1.54) is 5.56 Å². The molecule has 3 rings (SSSR count). The largest absolute Gasteiger partial charge is 0.486 e. The molecule has 0 saturated heterocycles. The average Bonchev–Trinajstić information content (AvgIpc) is 2.88. The molecule has 0 spiro atoms. The van der Waals surface area contributed by atoms with E-state index in [2.05, 4.69) is 45.1 Å². The van der Waals surface area contributed by atoms with Gasteiger partial charge in [-0.2, -0.15) is 0 Å². The minimum atomic E-state index is -0.967. The fraction of sp³-hybridized carbons (Fsp3) is 0.323. The van der Waals surface area contributed by atoms with Gasteiger partial charge in [-0.1, -0.05) is 64.1 Å². The molecule has 0 aliphatic heterocycles. The van der Waals surface area contributed by atoms with Crippen molar-refractivity contribution in [1.29, 1.82) is 0 Å². The van der Waals surface area contributed by atoms with Crippen molar-refractivity contribution < 1.29 is 24.2 Å². The Morgan fingerprint density at radius 2 is 1.53 bits per heavy atom. The highest BCUT2D eigenvalue weighted by Gasteiger charge is 2.19. The number of carboxylic acid groups (broad SMARTS) is 1. The van der Waals surface area contributed by atoms with Crippen LogP contribution in [0.25, 0.3) is 11.1 Å². The van der Waals surface area contributed by atoms with E-state index in [1.54, 1.807) is 18.2 Å². The number of hydrogen-bond donors (Lipinski definition) is 3. The van der Waals surface area contributed by atoms with Crippen LogP contribution in [0.15, 0.2) is 66.7 Å². The normalized spacial score (nSPS) is 11.8. The van der Waals surface area contributed by atoms with Gasteiger partial charge < -0.3 is 20.9 Å². The topological polar surface area (TPSA) is 119 Å². The number of aliphatic carboxylic acids is 1. The number of carbonyl (C=O) groups excluding carboxylic acids is 2. The van der Waals surface area contributed by atoms with Crippen LogP contribution in [0.5, 0.6) is 5.75 Å². The Hall–Kier alpha value is -4.13. The molecule has 1 atom stereocenters. The van der Waals surface area contributed by atoms with Gasteiger partial charge in [-0.05, 0) is 70.8 Å². The van der Waals surface area contributed by atoms with E-state index < -0.39 is 11.9 Å². The second-order valence-corrected chi connectivity index (χ2v) is 10.1. The number of primary amides is 1. The number of carboxylic acids is 1. The Bertz CT molecular complexity index is 1260. The van der Waals surface area contributed by atoms with Gasteiger partial charge in [-0.15, -0.1) is 0 Å². The van der Waals surface area contributed by atoms with Crippen LogP contribution in [0, 0.1) is 5.92 Å². The number of rotatable bonds is 12. The fourth-order valence-electron chi connectivity index (χ4n) is 4.18. The maximum atomic E-state index is 12.4. The molecule has 0 heterocycles. The number of hydrogen-bond acceptors (Lipinski definition) is 4. The summed E-state index contributed by atoms with van der Waals surface area (Å²) >= 11 is 0. The first kappa shape index (κ1) is 28.4. The summed E-state index contributed by atoms with van der Waals surface area (Å²) in [4.78, 5) is 35.3. The van der Waals surface area contributed by atoms with E-state index in [0.29, 0.717) is 35.1 Å². The summed E-state index contributed by atoms with van der Waals surface area (Å²) in [7, 11) is 0. The summed E-state index contributed by atoms with van der Waals surface area (Å²) < 4.78 is 6.36. The highest BCUT2D eigenvalue weighted by molar-refractivity contribution is 6.00. The van der Waals surface area contributed by atoms with E-state index in [-0.39, 0.29) is 25.0 Å². The lowest BCUT2D eigenvalue weighted by Gasteiger charge is -2.22. The zero-order chi connectivity index (χ0) is 27.8. The number of nitrogens with two attached hydrogens (primary N) is 1. The van der Waals surface area contributed by atoms with Gasteiger partial charge in [0.15, 0.2) is 0 Å². The van der Waals surface area contributed by atoms with Gasteiger partial charge in [-0.25, -0.2) is 0 Å². The molecule has 200 valence electrons. The summed E-state index contributed by atoms with van der Waals surface area (Å²) in [6, 6.07) is 20.6. The van der Waals surface area contributed by atoms with E-state index in [1.807, 2.05) is 36.4 Å². The molecule has 3 aromatic rings. The van der Waals surface area contributed by atoms with Crippen molar-refractivity contribution >= 4 is 17.8 Å². The maximum absolute atomic E-state index is 12.4. The maximum Gasteiger partial charge on any atom is 0.305 e. The zero-order valence-electron chi connectivity index (χ0n) is 22.4. The fourth-order valence-corrected chi connectivity index (χ4v) is 4.18. The van der Waals surface area contributed by atoms with Crippen LogP contribution in [0.2, 0.25) is 0 Å². The third-order valence-corrected chi connectivity index (χ3v) is 6.28. The quantitative estimate of drug-likeness (QED) is 0.275. The summed E-state index contributed by atoms with van der Waals surface area (Å²) in [6.45, 7) is 8.52. The van der Waals surface area contributed by atoms with Crippen molar-refractivity contribution in [2.75, 3.05) is 6.54 Å². The Morgan fingerprint density at radius 1 is 0.895 bits per heavy atom. The standard InChI is InChI=1S/C31H36N2O5/c1-19(2)17-28(23-9-11-24(12-10-23)31(37)33-16-15-29(34)35)38-25-13-14-26(27(18-25)30(32)36)22-7-5-21(6-8-22)20(3)4/h5-14,18-20,28H,15-17H2,1-4H3,(H2,32,36)(H,33,37)(H,34,35). The van der Waals surface area contributed by atoms with Gasteiger partial charge in [0.25, 0.3) is 5.91 Å². The van der Waals surface area contributed by atoms with E-state index in [0.717, 1.165) is 16.7 Å². The highest BCUT2D eigenvalue weighted by atomic mass is 16.5. The molecule has 0 radical (unpaired) electrons. The minimum absolute atomic E-state index is 0.0645. The third kappa shape index (κ3) is 7.68. The molecule has 7 heteroatoms. The van der Waals surface area contributed by atoms with Crippen LogP contribution in [-0.2, 0) is 4.79 Å². The van der Waals surface area contributed by atoms with Crippen molar-refractivity contribution in [3.05, 3.63) is 89.0 Å². The van der Waals surface area contributed by atoms with Gasteiger partial charge in [0.2, 0.25) is 5.91 Å². The summed E-state index contributed by atoms with van der Waals surface area (Å²) in [6.07, 6.45) is 0.272. The van der Waals surface area contributed by atoms with E-state index in [4.69, 9.17) is 15.6 Å². The summed E-state index contributed by atoms with van der Waals surface area (Å²) in [5.41, 5.74) is 10.3. The molecule has 2 amide bonds. The predicted octanol–water partition coefficient (Wildman–Crippen LogP) is 5.95. The molecule has 1 unspecified atom stereocenters. The Labute approximate surface area is 224 Å². The SMILES string of the molecule is CC(C)CC(Oc1ccc(-c2ccc(C(C)C)cc2)c(C(N)=O)c1)c1ccc(C(=O)NCCC(=O)O)cc1. The Balaban J connectivity index is 1.83. The monoisotopic (exact) mass is 516 g/mol. The smallest absolute Gasteiger partial charge is 0.305 e. The van der Waals surface area contributed by atoms with Crippen molar-refractivity contribution in [3.63, 3.8) is 0 Å². The average molecular weight is 517 g/mol. The summed E-state index contributed by atoms with van der Waals surface area (Å²) in [5, 5.41) is 11.3. The van der Waals surface area contributed by atoms with Crippen LogP contribution in [0.1, 0.15) is 84.4 Å². The predicted molar refractivity (Wildman–Crippen MR) is 148 cm³/mol. The first-order valence-corrected chi connectivity index (χ1v) is 12.9. The molecule has 0 saturated carbocycles. The first-order chi connectivity index (χ1) is 18.0. The van der Waals surface area contributed by atoms with Crippen LogP contribution in [0.3, 0.4) is 0 Å². The molecule has 4 N–H and O–H groups in total. The van der Waals surface area contributed by atoms with E-state index >= 15 is 0 Å². The lowest BCUT2D eigenvalue weighted by molar-refractivity contribution is -0.136. The Kier molecular flexibility index (Phi) is 9.66. The Morgan fingerprint density at radius 3 is 2.08 bits per heavy atom. The number of carbonyl (C=O) groups is 3. The molecule has 38 heavy (non-hydrogen) atoms. The van der Waals surface area contributed by atoms with Crippen LogP contribution in [0.4, 0.5) is 0 Å². The number of benzene rings is 3. The second-order valence-electron chi connectivity index (χ2n) is 10.1. The molecular formula is C31H36N2O5. The zero-order valence-corrected chi connectivity index (χ0v) is 22.4. The molecule has 0 bridgehead atoms. The van der Waals surface area contributed by atoms with Crippen LogP contribution < -0.4 is 15.8 Å². The van der Waals surface area contributed by atoms with Gasteiger partial charge in [0.05, 0.1) is 12.0 Å².